The van der Waals surface area contributed by atoms with Gasteiger partial charge in [-0.3, -0.25) is 10.1 Å². The van der Waals surface area contributed by atoms with Crippen molar-refractivity contribution in [3.05, 3.63) is 46.5 Å². The predicted octanol–water partition coefficient (Wildman–Crippen LogP) is 0.270. The van der Waals surface area contributed by atoms with Crippen molar-refractivity contribution in [1.29, 1.82) is 0 Å². The van der Waals surface area contributed by atoms with Gasteiger partial charge < -0.3 is 10.9 Å². The van der Waals surface area contributed by atoms with E-state index in [1.165, 1.54) is 35.5 Å². The number of hydrogen-bond donors (Lipinski definition) is 2. The van der Waals surface area contributed by atoms with E-state index in [4.69, 9.17) is 10.9 Å². The summed E-state index contributed by atoms with van der Waals surface area (Å²) < 4.78 is 1.36. The summed E-state index contributed by atoms with van der Waals surface area (Å²) in [4.78, 5) is 13.9. The quantitative estimate of drug-likeness (QED) is 0.263. The second kappa shape index (κ2) is 4.49. The maximum Gasteiger partial charge on any atom is 0.270 e. The Bertz CT molecular complexity index is 607. The summed E-state index contributed by atoms with van der Waals surface area (Å²) in [6, 6.07) is 3.94. The van der Waals surface area contributed by atoms with Crippen molar-refractivity contribution in [3.63, 3.8) is 0 Å². The van der Waals surface area contributed by atoms with Gasteiger partial charge in [0.25, 0.3) is 5.69 Å². The Labute approximate surface area is 100 Å². The third kappa shape index (κ3) is 1.96. The van der Waals surface area contributed by atoms with Gasteiger partial charge in [-0.15, -0.1) is 0 Å². The molecule has 18 heavy (non-hydrogen) atoms. The second-order valence-corrected chi connectivity index (χ2v) is 3.28. The molecule has 0 spiro atoms. The first-order valence-electron chi connectivity index (χ1n) is 4.75. The number of rotatable bonds is 3. The van der Waals surface area contributed by atoms with Crippen LogP contribution in [0.3, 0.4) is 0 Å². The van der Waals surface area contributed by atoms with Gasteiger partial charge in [-0.1, -0.05) is 5.16 Å². The molecule has 0 radical (unpaired) electrons. The lowest BCUT2D eigenvalue weighted by atomic mass is 10.1. The fourth-order valence-electron chi connectivity index (χ4n) is 1.43. The zero-order chi connectivity index (χ0) is 13.1. The van der Waals surface area contributed by atoms with E-state index in [0.717, 1.165) is 0 Å². The molecule has 92 valence electrons. The molecule has 0 fully saturated rings. The highest BCUT2D eigenvalue weighted by molar-refractivity contribution is 6.00. The van der Waals surface area contributed by atoms with E-state index in [2.05, 4.69) is 15.2 Å². The average Bonchev–Trinajstić information content (AvgIpc) is 2.90. The Balaban J connectivity index is 2.63. The van der Waals surface area contributed by atoms with E-state index in [9.17, 15) is 10.1 Å². The smallest absolute Gasteiger partial charge is 0.270 e. The second-order valence-electron chi connectivity index (χ2n) is 3.28. The van der Waals surface area contributed by atoms with Crippen LogP contribution in [0.15, 0.2) is 36.0 Å². The van der Waals surface area contributed by atoms with Crippen LogP contribution in [0.2, 0.25) is 0 Å². The first-order valence-corrected chi connectivity index (χ1v) is 4.75. The Kier molecular flexibility index (Phi) is 2.87. The normalized spacial score (nSPS) is 11.4. The monoisotopic (exact) mass is 248 g/mol. The van der Waals surface area contributed by atoms with Gasteiger partial charge in [0.15, 0.2) is 5.84 Å². The topological polar surface area (TPSA) is 132 Å². The molecule has 0 amide bonds. The van der Waals surface area contributed by atoms with E-state index < -0.39 is 4.92 Å². The van der Waals surface area contributed by atoms with Crippen molar-refractivity contribution in [2.75, 3.05) is 0 Å². The first kappa shape index (κ1) is 11.5. The molecule has 1 aromatic carbocycles. The number of nitro groups is 1. The number of amidine groups is 1. The van der Waals surface area contributed by atoms with Crippen LogP contribution in [0.25, 0.3) is 5.69 Å². The molecular weight excluding hydrogens is 240 g/mol. The molecule has 3 N–H and O–H groups in total. The Hall–Kier alpha value is -2.97. The van der Waals surface area contributed by atoms with Crippen LogP contribution in [0, 0.1) is 10.1 Å². The van der Waals surface area contributed by atoms with Gasteiger partial charge in [-0.05, 0) is 6.07 Å². The standard InChI is InChI=1S/C9H8N6O3/c10-9(13-16)7-3-6(15(17)18)1-2-8(7)14-5-11-4-12-14/h1-5,16H,(H2,10,13). The van der Waals surface area contributed by atoms with Crippen molar-refractivity contribution in [1.82, 2.24) is 14.8 Å². The summed E-state index contributed by atoms with van der Waals surface area (Å²) in [6.45, 7) is 0. The zero-order valence-corrected chi connectivity index (χ0v) is 8.96. The maximum absolute atomic E-state index is 10.7. The third-order valence-electron chi connectivity index (χ3n) is 2.24. The Morgan fingerprint density at radius 2 is 2.33 bits per heavy atom. The van der Waals surface area contributed by atoms with Crippen LogP contribution >= 0.6 is 0 Å². The molecule has 1 heterocycles. The zero-order valence-electron chi connectivity index (χ0n) is 8.96. The van der Waals surface area contributed by atoms with E-state index in [1.54, 1.807) is 0 Å². The van der Waals surface area contributed by atoms with Crippen LogP contribution in [-0.2, 0) is 0 Å². The van der Waals surface area contributed by atoms with Crippen molar-refractivity contribution < 1.29 is 10.1 Å². The van der Waals surface area contributed by atoms with Gasteiger partial charge in [-0.2, -0.15) is 5.10 Å². The summed E-state index contributed by atoms with van der Waals surface area (Å²) in [7, 11) is 0. The summed E-state index contributed by atoms with van der Waals surface area (Å²) in [5.74, 6) is -0.246. The molecule has 0 aliphatic heterocycles. The van der Waals surface area contributed by atoms with Gasteiger partial charge in [0.05, 0.1) is 16.2 Å². The number of oxime groups is 1. The molecule has 1 aromatic heterocycles. The lowest BCUT2D eigenvalue weighted by Gasteiger charge is -2.07. The number of nitrogens with zero attached hydrogens (tertiary/aromatic N) is 5. The number of hydrogen-bond acceptors (Lipinski definition) is 6. The predicted molar refractivity (Wildman–Crippen MR) is 60.5 cm³/mol. The van der Waals surface area contributed by atoms with Crippen LogP contribution in [0.5, 0.6) is 0 Å². The molecule has 0 saturated heterocycles. The van der Waals surface area contributed by atoms with Gasteiger partial charge in [-0.25, -0.2) is 9.67 Å². The molecule has 0 unspecified atom stereocenters. The van der Waals surface area contributed by atoms with Crippen molar-refractivity contribution in [2.45, 2.75) is 0 Å². The molecular formula is C9H8N6O3. The lowest BCUT2D eigenvalue weighted by Crippen LogP contribution is -2.17. The van der Waals surface area contributed by atoms with Crippen molar-refractivity contribution in [2.24, 2.45) is 10.9 Å². The average molecular weight is 248 g/mol. The minimum atomic E-state index is -0.570. The van der Waals surface area contributed by atoms with E-state index in [0.29, 0.717) is 5.69 Å². The lowest BCUT2D eigenvalue weighted by molar-refractivity contribution is -0.384. The molecule has 0 aliphatic carbocycles. The van der Waals surface area contributed by atoms with Crippen LogP contribution in [-0.4, -0.2) is 30.7 Å². The highest BCUT2D eigenvalue weighted by Gasteiger charge is 2.15. The van der Waals surface area contributed by atoms with Crippen LogP contribution in [0.4, 0.5) is 5.69 Å². The molecule has 0 bridgehead atoms. The fraction of sp³-hybridized carbons (Fsp3) is 0. The van der Waals surface area contributed by atoms with Gasteiger partial charge in [0.1, 0.15) is 12.7 Å². The Morgan fingerprint density at radius 1 is 1.56 bits per heavy atom. The fourth-order valence-corrected chi connectivity index (χ4v) is 1.43. The minimum absolute atomic E-state index is 0.166. The van der Waals surface area contributed by atoms with E-state index >= 15 is 0 Å². The molecule has 0 saturated carbocycles. The van der Waals surface area contributed by atoms with Gasteiger partial charge in [0.2, 0.25) is 0 Å². The molecule has 0 atom stereocenters. The summed E-state index contributed by atoms with van der Waals surface area (Å²) in [5.41, 5.74) is 5.94. The number of benzene rings is 1. The summed E-state index contributed by atoms with van der Waals surface area (Å²) >= 11 is 0. The van der Waals surface area contributed by atoms with Crippen LogP contribution < -0.4 is 5.73 Å². The first-order chi connectivity index (χ1) is 8.63. The number of non-ortho nitro benzene ring substituents is 1. The SMILES string of the molecule is NC(=NO)c1cc([N+](=O)[O-])ccc1-n1cncn1. The maximum atomic E-state index is 10.7. The number of nitrogens with two attached hydrogens (primary N) is 1. The molecule has 9 heteroatoms. The van der Waals surface area contributed by atoms with Crippen molar-refractivity contribution >= 4 is 11.5 Å². The molecule has 2 aromatic rings. The van der Waals surface area contributed by atoms with Crippen molar-refractivity contribution in [3.8, 4) is 5.69 Å². The molecule has 0 aliphatic rings. The number of nitro benzene ring substituents is 1. The largest absolute Gasteiger partial charge is 0.409 e. The summed E-state index contributed by atoms with van der Waals surface area (Å²) in [6.07, 6.45) is 2.70. The summed E-state index contributed by atoms with van der Waals surface area (Å²) in [5, 5.41) is 26.1. The van der Waals surface area contributed by atoms with Gasteiger partial charge in [0, 0.05) is 12.1 Å². The number of aromatic nitrogens is 3. The highest BCUT2D eigenvalue weighted by Crippen LogP contribution is 2.20. The highest BCUT2D eigenvalue weighted by atomic mass is 16.6. The molecule has 2 rings (SSSR count). The van der Waals surface area contributed by atoms with Crippen LogP contribution in [0.1, 0.15) is 5.56 Å². The van der Waals surface area contributed by atoms with E-state index in [1.807, 2.05) is 0 Å². The van der Waals surface area contributed by atoms with Gasteiger partial charge >= 0.3 is 0 Å². The third-order valence-corrected chi connectivity index (χ3v) is 2.24. The Morgan fingerprint density at radius 3 is 2.89 bits per heavy atom. The molecule has 9 nitrogen and oxygen atoms in total. The minimum Gasteiger partial charge on any atom is -0.409 e. The van der Waals surface area contributed by atoms with E-state index in [-0.39, 0.29) is 17.1 Å².